The Morgan fingerprint density at radius 1 is 1.25 bits per heavy atom. The highest BCUT2D eigenvalue weighted by molar-refractivity contribution is 6.34. The first kappa shape index (κ1) is 15.9. The molecule has 0 amide bonds. The summed E-state index contributed by atoms with van der Waals surface area (Å²) >= 11 is 11.8. The van der Waals surface area contributed by atoms with Gasteiger partial charge in [0.05, 0.1) is 11.1 Å². The quantitative estimate of drug-likeness (QED) is 0.686. The van der Waals surface area contributed by atoms with Crippen molar-refractivity contribution in [3.05, 3.63) is 28.2 Å². The number of hydrogen-bond acceptors (Lipinski definition) is 4. The SMILES string of the molecule is OC(CNCC(O)C1CC1)COc1cc(Cl)ccc1Cl. The molecular weight excluding hydrogens is 301 g/mol. The lowest BCUT2D eigenvalue weighted by atomic mass is 10.2. The summed E-state index contributed by atoms with van der Waals surface area (Å²) in [5, 5.41) is 23.5. The number of nitrogens with one attached hydrogen (secondary N) is 1. The molecule has 0 heterocycles. The number of rotatable bonds is 8. The fourth-order valence-electron chi connectivity index (χ4n) is 1.88. The minimum Gasteiger partial charge on any atom is -0.489 e. The van der Waals surface area contributed by atoms with Crippen LogP contribution < -0.4 is 10.1 Å². The van der Waals surface area contributed by atoms with E-state index >= 15 is 0 Å². The van der Waals surface area contributed by atoms with Crippen molar-refractivity contribution in [3.8, 4) is 5.75 Å². The van der Waals surface area contributed by atoms with Gasteiger partial charge < -0.3 is 20.3 Å². The van der Waals surface area contributed by atoms with Crippen LogP contribution in [-0.2, 0) is 0 Å². The average Bonchev–Trinajstić information content (AvgIpc) is 3.24. The van der Waals surface area contributed by atoms with Crippen molar-refractivity contribution in [2.24, 2.45) is 5.92 Å². The Morgan fingerprint density at radius 2 is 2.00 bits per heavy atom. The summed E-state index contributed by atoms with van der Waals surface area (Å²) in [5.74, 6) is 0.886. The van der Waals surface area contributed by atoms with Gasteiger partial charge in [0.25, 0.3) is 0 Å². The lowest BCUT2D eigenvalue weighted by molar-refractivity contribution is 0.0967. The van der Waals surface area contributed by atoms with Gasteiger partial charge >= 0.3 is 0 Å². The summed E-state index contributed by atoms with van der Waals surface area (Å²) < 4.78 is 5.43. The maximum absolute atomic E-state index is 9.79. The van der Waals surface area contributed by atoms with E-state index in [4.69, 9.17) is 27.9 Å². The van der Waals surface area contributed by atoms with E-state index in [1.165, 1.54) is 0 Å². The van der Waals surface area contributed by atoms with Crippen LogP contribution >= 0.6 is 23.2 Å². The zero-order valence-corrected chi connectivity index (χ0v) is 12.6. The van der Waals surface area contributed by atoms with E-state index in [-0.39, 0.29) is 12.7 Å². The summed E-state index contributed by atoms with van der Waals surface area (Å²) in [6.45, 7) is 0.980. The molecular formula is C14H19Cl2NO3. The Labute approximate surface area is 128 Å². The van der Waals surface area contributed by atoms with Gasteiger partial charge in [-0.05, 0) is 30.9 Å². The molecule has 20 heavy (non-hydrogen) atoms. The number of hydrogen-bond donors (Lipinski definition) is 3. The molecule has 0 aliphatic heterocycles. The van der Waals surface area contributed by atoms with Crippen LogP contribution in [0.15, 0.2) is 18.2 Å². The Hall–Kier alpha value is -0.520. The van der Waals surface area contributed by atoms with Crippen LogP contribution in [0.25, 0.3) is 0 Å². The van der Waals surface area contributed by atoms with E-state index in [0.717, 1.165) is 12.8 Å². The third-order valence-corrected chi connectivity index (χ3v) is 3.77. The molecule has 2 rings (SSSR count). The zero-order chi connectivity index (χ0) is 14.5. The van der Waals surface area contributed by atoms with Crippen molar-refractivity contribution in [2.75, 3.05) is 19.7 Å². The first-order chi connectivity index (χ1) is 9.56. The molecule has 4 nitrogen and oxygen atoms in total. The molecule has 0 bridgehead atoms. The average molecular weight is 320 g/mol. The molecule has 0 spiro atoms. The Bertz CT molecular complexity index is 440. The van der Waals surface area contributed by atoms with Gasteiger partial charge in [0.15, 0.2) is 0 Å². The fourth-order valence-corrected chi connectivity index (χ4v) is 2.21. The predicted octanol–water partition coefficient (Wildman–Crippen LogP) is 2.09. The smallest absolute Gasteiger partial charge is 0.139 e. The van der Waals surface area contributed by atoms with Crippen molar-refractivity contribution in [1.82, 2.24) is 5.32 Å². The zero-order valence-electron chi connectivity index (χ0n) is 11.1. The van der Waals surface area contributed by atoms with Gasteiger partial charge in [0.1, 0.15) is 18.5 Å². The standard InChI is InChI=1S/C14H19Cl2NO3/c15-10-3-4-12(16)14(5-10)20-8-11(18)6-17-7-13(19)9-1-2-9/h3-5,9,11,13,17-19H,1-2,6-8H2. The minimum absolute atomic E-state index is 0.118. The van der Waals surface area contributed by atoms with Gasteiger partial charge in [-0.2, -0.15) is 0 Å². The maximum Gasteiger partial charge on any atom is 0.139 e. The van der Waals surface area contributed by atoms with Crippen molar-refractivity contribution < 1.29 is 14.9 Å². The lowest BCUT2D eigenvalue weighted by Gasteiger charge is -2.16. The third kappa shape index (κ3) is 5.11. The predicted molar refractivity (Wildman–Crippen MR) is 79.6 cm³/mol. The van der Waals surface area contributed by atoms with Crippen molar-refractivity contribution in [1.29, 1.82) is 0 Å². The maximum atomic E-state index is 9.79. The summed E-state index contributed by atoms with van der Waals surface area (Å²) in [7, 11) is 0. The van der Waals surface area contributed by atoms with Gasteiger partial charge in [-0.1, -0.05) is 23.2 Å². The topological polar surface area (TPSA) is 61.7 Å². The molecule has 3 N–H and O–H groups in total. The number of aliphatic hydroxyl groups excluding tert-OH is 2. The summed E-state index contributed by atoms with van der Waals surface area (Å²) in [5.41, 5.74) is 0. The summed E-state index contributed by atoms with van der Waals surface area (Å²) in [4.78, 5) is 0. The molecule has 112 valence electrons. The van der Waals surface area contributed by atoms with Crippen LogP contribution in [0, 0.1) is 5.92 Å². The molecule has 1 aromatic rings. The molecule has 1 aliphatic carbocycles. The lowest BCUT2D eigenvalue weighted by Crippen LogP contribution is -2.36. The highest BCUT2D eigenvalue weighted by Crippen LogP contribution is 2.32. The van der Waals surface area contributed by atoms with Crippen LogP contribution in [0.3, 0.4) is 0 Å². The molecule has 0 aromatic heterocycles. The molecule has 0 radical (unpaired) electrons. The van der Waals surface area contributed by atoms with E-state index in [1.54, 1.807) is 18.2 Å². The second-order valence-corrected chi connectivity index (χ2v) is 5.95. The van der Waals surface area contributed by atoms with E-state index in [1.807, 2.05) is 0 Å². The van der Waals surface area contributed by atoms with E-state index in [0.29, 0.717) is 34.8 Å². The van der Waals surface area contributed by atoms with E-state index in [9.17, 15) is 10.2 Å². The van der Waals surface area contributed by atoms with Crippen molar-refractivity contribution in [2.45, 2.75) is 25.0 Å². The van der Waals surface area contributed by atoms with Crippen LogP contribution in [0.1, 0.15) is 12.8 Å². The molecule has 2 atom stereocenters. The molecule has 1 aromatic carbocycles. The number of ether oxygens (including phenoxy) is 1. The third-order valence-electron chi connectivity index (χ3n) is 3.22. The molecule has 2 unspecified atom stereocenters. The normalized spacial score (nSPS) is 17.8. The monoisotopic (exact) mass is 319 g/mol. The van der Waals surface area contributed by atoms with Crippen molar-refractivity contribution >= 4 is 23.2 Å². The second-order valence-electron chi connectivity index (χ2n) is 5.10. The molecule has 1 fully saturated rings. The summed E-state index contributed by atoms with van der Waals surface area (Å²) in [6, 6.07) is 4.94. The second kappa shape index (κ2) is 7.48. The fraction of sp³-hybridized carbons (Fsp3) is 0.571. The Balaban J connectivity index is 1.66. The molecule has 1 saturated carbocycles. The number of halogens is 2. The molecule has 0 saturated heterocycles. The largest absolute Gasteiger partial charge is 0.489 e. The van der Waals surface area contributed by atoms with Crippen LogP contribution in [-0.4, -0.2) is 42.1 Å². The van der Waals surface area contributed by atoms with Gasteiger partial charge in [-0.25, -0.2) is 0 Å². The van der Waals surface area contributed by atoms with Gasteiger partial charge in [-0.3, -0.25) is 0 Å². The van der Waals surface area contributed by atoms with Crippen LogP contribution in [0.4, 0.5) is 0 Å². The highest BCUT2D eigenvalue weighted by atomic mass is 35.5. The summed E-state index contributed by atoms with van der Waals surface area (Å²) in [6.07, 6.45) is 1.21. The molecule has 6 heteroatoms. The van der Waals surface area contributed by atoms with Crippen molar-refractivity contribution in [3.63, 3.8) is 0 Å². The van der Waals surface area contributed by atoms with Gasteiger partial charge in [-0.15, -0.1) is 0 Å². The van der Waals surface area contributed by atoms with Gasteiger partial charge in [0.2, 0.25) is 0 Å². The van der Waals surface area contributed by atoms with Crippen LogP contribution in [0.5, 0.6) is 5.75 Å². The Kier molecular flexibility index (Phi) is 5.93. The highest BCUT2D eigenvalue weighted by Gasteiger charge is 2.29. The number of benzene rings is 1. The van der Waals surface area contributed by atoms with Gasteiger partial charge in [0, 0.05) is 24.2 Å². The minimum atomic E-state index is -0.670. The Morgan fingerprint density at radius 3 is 2.70 bits per heavy atom. The molecule has 1 aliphatic rings. The van der Waals surface area contributed by atoms with E-state index in [2.05, 4.69) is 5.32 Å². The first-order valence-corrected chi connectivity index (χ1v) is 7.46. The van der Waals surface area contributed by atoms with E-state index < -0.39 is 6.10 Å². The van der Waals surface area contributed by atoms with Crippen LogP contribution in [0.2, 0.25) is 10.0 Å². The first-order valence-electron chi connectivity index (χ1n) is 6.71. The number of aliphatic hydroxyl groups is 2.